The Morgan fingerprint density at radius 1 is 1.07 bits per heavy atom. The Morgan fingerprint density at radius 3 is 2.41 bits per heavy atom. The van der Waals surface area contributed by atoms with Crippen LogP contribution in [0.1, 0.15) is 33.1 Å². The molecule has 0 bridgehead atoms. The molecule has 1 saturated carbocycles. The molecule has 7 heteroatoms. The van der Waals surface area contributed by atoms with Crippen molar-refractivity contribution in [3.05, 3.63) is 30.3 Å². The van der Waals surface area contributed by atoms with E-state index in [2.05, 4.69) is 19.2 Å². The third kappa shape index (κ3) is 4.89. The number of nitrogens with zero attached hydrogens (tertiary/aromatic N) is 2. The monoisotopic (exact) mass is 393 g/mol. The highest BCUT2D eigenvalue weighted by molar-refractivity contribution is 7.89. The van der Waals surface area contributed by atoms with E-state index < -0.39 is 10.0 Å². The van der Waals surface area contributed by atoms with Gasteiger partial charge in [0, 0.05) is 32.2 Å². The first kappa shape index (κ1) is 20.3. The van der Waals surface area contributed by atoms with E-state index >= 15 is 0 Å². The van der Waals surface area contributed by atoms with Crippen LogP contribution < -0.4 is 5.32 Å². The van der Waals surface area contributed by atoms with Gasteiger partial charge >= 0.3 is 0 Å². The van der Waals surface area contributed by atoms with Gasteiger partial charge in [0.1, 0.15) is 0 Å². The molecule has 27 heavy (non-hydrogen) atoms. The summed E-state index contributed by atoms with van der Waals surface area (Å²) < 4.78 is 26.9. The van der Waals surface area contributed by atoms with Gasteiger partial charge in [-0.25, -0.2) is 8.42 Å². The standard InChI is InChI=1S/C20H31N3O3S/c1-16-7-6-10-19(17(16)2)21-20(24)15-22-11-13-23(14-12-22)27(25,26)18-8-4-3-5-9-18/h3-5,8-9,16-17,19H,6-7,10-15H2,1-2H3,(H,21,24)/t16-,17+,19-/m0/s1. The number of sulfonamides is 1. The SMILES string of the molecule is C[C@H]1[C@@H](NC(=O)CN2CCN(S(=O)(=O)c3ccccc3)CC2)CCC[C@@H]1C. The highest BCUT2D eigenvalue weighted by Crippen LogP contribution is 2.29. The van der Waals surface area contributed by atoms with Gasteiger partial charge < -0.3 is 5.32 Å². The van der Waals surface area contributed by atoms with Gasteiger partial charge in [0.25, 0.3) is 0 Å². The molecule has 0 spiro atoms. The van der Waals surface area contributed by atoms with Crippen molar-refractivity contribution in [1.82, 2.24) is 14.5 Å². The maximum absolute atomic E-state index is 12.7. The van der Waals surface area contributed by atoms with Crippen LogP contribution in [0.25, 0.3) is 0 Å². The van der Waals surface area contributed by atoms with Crippen LogP contribution in [0.5, 0.6) is 0 Å². The second-order valence-electron chi connectivity index (χ2n) is 7.93. The summed E-state index contributed by atoms with van der Waals surface area (Å²) in [7, 11) is -3.44. The molecule has 1 saturated heterocycles. The second kappa shape index (κ2) is 8.71. The zero-order chi connectivity index (χ0) is 19.4. The highest BCUT2D eigenvalue weighted by atomic mass is 32.2. The number of benzene rings is 1. The molecule has 0 unspecified atom stereocenters. The number of hydrogen-bond donors (Lipinski definition) is 1. The molecule has 2 fully saturated rings. The predicted octanol–water partition coefficient (Wildman–Crippen LogP) is 1.93. The third-order valence-electron chi connectivity index (χ3n) is 6.13. The van der Waals surface area contributed by atoms with E-state index in [1.165, 1.54) is 17.1 Å². The molecule has 0 radical (unpaired) electrons. The van der Waals surface area contributed by atoms with Crippen LogP contribution in [0.4, 0.5) is 0 Å². The van der Waals surface area contributed by atoms with Crippen LogP contribution in [0.3, 0.4) is 0 Å². The van der Waals surface area contributed by atoms with E-state index in [0.717, 1.165) is 6.42 Å². The van der Waals surface area contributed by atoms with Crippen molar-refractivity contribution < 1.29 is 13.2 Å². The topological polar surface area (TPSA) is 69.7 Å². The van der Waals surface area contributed by atoms with Crippen molar-refractivity contribution in [2.45, 2.75) is 44.0 Å². The van der Waals surface area contributed by atoms with Gasteiger partial charge in [-0.1, -0.05) is 44.9 Å². The molecule has 1 N–H and O–H groups in total. The zero-order valence-electron chi connectivity index (χ0n) is 16.3. The summed E-state index contributed by atoms with van der Waals surface area (Å²) in [6, 6.07) is 8.80. The quantitative estimate of drug-likeness (QED) is 0.830. The smallest absolute Gasteiger partial charge is 0.243 e. The zero-order valence-corrected chi connectivity index (χ0v) is 17.1. The number of carbonyl (C=O) groups is 1. The van der Waals surface area contributed by atoms with Crippen molar-refractivity contribution in [2.75, 3.05) is 32.7 Å². The molecule has 1 aromatic carbocycles. The lowest BCUT2D eigenvalue weighted by Crippen LogP contribution is -2.52. The molecule has 6 nitrogen and oxygen atoms in total. The van der Waals surface area contributed by atoms with Crippen molar-refractivity contribution in [3.63, 3.8) is 0 Å². The molecule has 0 aromatic heterocycles. The van der Waals surface area contributed by atoms with E-state index in [1.807, 2.05) is 11.0 Å². The Labute approximate surface area is 163 Å². The van der Waals surface area contributed by atoms with Gasteiger partial charge in [0.2, 0.25) is 15.9 Å². The molecular formula is C20H31N3O3S. The number of rotatable bonds is 5. The second-order valence-corrected chi connectivity index (χ2v) is 9.87. The molecule has 1 aliphatic carbocycles. The average molecular weight is 394 g/mol. The fourth-order valence-electron chi connectivity index (χ4n) is 4.11. The number of amides is 1. The van der Waals surface area contributed by atoms with E-state index in [0.29, 0.717) is 49.5 Å². The van der Waals surface area contributed by atoms with Crippen LogP contribution in [-0.4, -0.2) is 62.3 Å². The van der Waals surface area contributed by atoms with Crippen LogP contribution in [0, 0.1) is 11.8 Å². The minimum atomic E-state index is -3.44. The van der Waals surface area contributed by atoms with E-state index in [1.54, 1.807) is 24.3 Å². The van der Waals surface area contributed by atoms with Crippen molar-refractivity contribution in [2.24, 2.45) is 11.8 Å². The summed E-state index contributed by atoms with van der Waals surface area (Å²) >= 11 is 0. The Morgan fingerprint density at radius 2 is 1.74 bits per heavy atom. The van der Waals surface area contributed by atoms with Crippen LogP contribution in [-0.2, 0) is 14.8 Å². The maximum atomic E-state index is 12.7. The first-order valence-electron chi connectivity index (χ1n) is 9.95. The number of nitrogens with one attached hydrogen (secondary N) is 1. The molecule has 1 heterocycles. The molecule has 1 amide bonds. The van der Waals surface area contributed by atoms with Gasteiger partial charge in [-0.05, 0) is 30.4 Å². The number of carbonyl (C=O) groups excluding carboxylic acids is 1. The molecule has 1 aromatic rings. The van der Waals surface area contributed by atoms with Gasteiger partial charge in [0.05, 0.1) is 11.4 Å². The largest absolute Gasteiger partial charge is 0.352 e. The van der Waals surface area contributed by atoms with Gasteiger partial charge in [0.15, 0.2) is 0 Å². The lowest BCUT2D eigenvalue weighted by Gasteiger charge is -2.36. The predicted molar refractivity (Wildman–Crippen MR) is 106 cm³/mol. The number of piperazine rings is 1. The minimum absolute atomic E-state index is 0.0558. The van der Waals surface area contributed by atoms with Crippen molar-refractivity contribution >= 4 is 15.9 Å². The van der Waals surface area contributed by atoms with E-state index in [-0.39, 0.29) is 11.9 Å². The Balaban J connectivity index is 1.49. The van der Waals surface area contributed by atoms with Crippen molar-refractivity contribution in [3.8, 4) is 0 Å². The summed E-state index contributed by atoms with van der Waals surface area (Å²) in [5, 5.41) is 3.20. The van der Waals surface area contributed by atoms with Gasteiger partial charge in [-0.2, -0.15) is 4.31 Å². The third-order valence-corrected chi connectivity index (χ3v) is 8.05. The van der Waals surface area contributed by atoms with Crippen LogP contribution in [0.2, 0.25) is 0 Å². The first-order valence-corrected chi connectivity index (χ1v) is 11.4. The highest BCUT2D eigenvalue weighted by Gasteiger charge is 2.31. The Bertz CT molecular complexity index is 730. The lowest BCUT2D eigenvalue weighted by molar-refractivity contribution is -0.124. The average Bonchev–Trinajstić information content (AvgIpc) is 2.66. The maximum Gasteiger partial charge on any atom is 0.243 e. The Hall–Kier alpha value is -1.44. The van der Waals surface area contributed by atoms with Gasteiger partial charge in [-0.3, -0.25) is 9.69 Å². The summed E-state index contributed by atoms with van der Waals surface area (Å²) in [5.74, 6) is 1.21. The summed E-state index contributed by atoms with van der Waals surface area (Å²) in [6.45, 7) is 6.82. The van der Waals surface area contributed by atoms with Crippen molar-refractivity contribution in [1.29, 1.82) is 0 Å². The molecule has 3 rings (SSSR count). The molecule has 3 atom stereocenters. The number of hydrogen-bond acceptors (Lipinski definition) is 4. The molecular weight excluding hydrogens is 362 g/mol. The first-order chi connectivity index (χ1) is 12.9. The van der Waals surface area contributed by atoms with Crippen LogP contribution in [0.15, 0.2) is 35.2 Å². The summed E-state index contributed by atoms with van der Waals surface area (Å²) in [6.07, 6.45) is 3.47. The normalized spacial score (nSPS) is 28.0. The Kier molecular flexibility index (Phi) is 6.55. The van der Waals surface area contributed by atoms with E-state index in [9.17, 15) is 13.2 Å². The minimum Gasteiger partial charge on any atom is -0.352 e. The van der Waals surface area contributed by atoms with E-state index in [4.69, 9.17) is 0 Å². The fraction of sp³-hybridized carbons (Fsp3) is 0.650. The van der Waals surface area contributed by atoms with Gasteiger partial charge in [-0.15, -0.1) is 0 Å². The molecule has 150 valence electrons. The summed E-state index contributed by atoms with van der Waals surface area (Å²) in [4.78, 5) is 14.8. The lowest BCUT2D eigenvalue weighted by atomic mass is 9.78. The fourth-order valence-corrected chi connectivity index (χ4v) is 5.55. The molecule has 1 aliphatic heterocycles. The van der Waals surface area contributed by atoms with Crippen LogP contribution >= 0.6 is 0 Å². The molecule has 2 aliphatic rings. The summed E-state index contributed by atoms with van der Waals surface area (Å²) in [5.41, 5.74) is 0.